The van der Waals surface area contributed by atoms with Crippen molar-refractivity contribution in [2.24, 2.45) is 14.1 Å². The van der Waals surface area contributed by atoms with Gasteiger partial charge in [-0.2, -0.15) is 0 Å². The van der Waals surface area contributed by atoms with E-state index < -0.39 is 0 Å². The van der Waals surface area contributed by atoms with E-state index >= 15 is 0 Å². The molecule has 34 heavy (non-hydrogen) atoms. The number of rotatable bonds is 10. The Morgan fingerprint density at radius 1 is 0.824 bits per heavy atom. The first kappa shape index (κ1) is 24.4. The molecule has 184 valence electrons. The quantitative estimate of drug-likeness (QED) is 0.430. The van der Waals surface area contributed by atoms with Crippen molar-refractivity contribution >= 4 is 11.2 Å². The Labute approximate surface area is 201 Å². The molecule has 3 heterocycles. The highest BCUT2D eigenvalue weighted by Crippen LogP contribution is 2.17. The van der Waals surface area contributed by atoms with Gasteiger partial charge in [-0.1, -0.05) is 62.9 Å². The number of nitrogens with zero attached hydrogens (tertiary/aromatic N) is 6. The van der Waals surface area contributed by atoms with Crippen molar-refractivity contribution in [1.29, 1.82) is 0 Å². The molecule has 1 aromatic carbocycles. The first-order valence-electron chi connectivity index (χ1n) is 12.6. The maximum atomic E-state index is 13.0. The number of aryl methyl sites for hydroxylation is 2. The molecule has 0 atom stereocenters. The van der Waals surface area contributed by atoms with Gasteiger partial charge in [-0.3, -0.25) is 23.7 Å². The summed E-state index contributed by atoms with van der Waals surface area (Å²) in [5.74, 6) is 0.889. The maximum absolute atomic E-state index is 13.0. The standard InChI is InChI=1S/C26H38N6O2/c1-4-5-6-7-11-14-32-22(27-24-23(32)25(33)29(3)26(34)28(24)2)20-31-17-15-30(16-18-31)19-21-12-9-8-10-13-21/h8-10,12-13H,4-7,11,14-20H2,1-3H3. The summed E-state index contributed by atoms with van der Waals surface area (Å²) in [6.07, 6.45) is 5.80. The predicted octanol–water partition coefficient (Wildman–Crippen LogP) is 2.72. The zero-order chi connectivity index (χ0) is 24.1. The van der Waals surface area contributed by atoms with Crippen molar-refractivity contribution in [1.82, 2.24) is 28.5 Å². The van der Waals surface area contributed by atoms with E-state index in [1.807, 2.05) is 0 Å². The minimum Gasteiger partial charge on any atom is -0.321 e. The van der Waals surface area contributed by atoms with Crippen LogP contribution in [0.5, 0.6) is 0 Å². The van der Waals surface area contributed by atoms with Gasteiger partial charge in [-0.15, -0.1) is 0 Å². The van der Waals surface area contributed by atoms with Gasteiger partial charge in [0.2, 0.25) is 0 Å². The number of aromatic nitrogens is 4. The fourth-order valence-electron chi connectivity index (χ4n) is 4.87. The van der Waals surface area contributed by atoms with Gasteiger partial charge < -0.3 is 4.57 Å². The second-order valence-corrected chi connectivity index (χ2v) is 9.51. The molecule has 8 heteroatoms. The Kier molecular flexibility index (Phi) is 8.00. The molecule has 0 unspecified atom stereocenters. The van der Waals surface area contributed by atoms with E-state index in [1.165, 1.54) is 34.0 Å². The van der Waals surface area contributed by atoms with Crippen LogP contribution in [0.1, 0.15) is 50.4 Å². The molecule has 8 nitrogen and oxygen atoms in total. The first-order valence-corrected chi connectivity index (χ1v) is 12.6. The molecular formula is C26H38N6O2. The van der Waals surface area contributed by atoms with Crippen molar-refractivity contribution < 1.29 is 0 Å². The van der Waals surface area contributed by atoms with Gasteiger partial charge in [0.25, 0.3) is 5.56 Å². The Bertz CT molecular complexity index is 1200. The maximum Gasteiger partial charge on any atom is 0.332 e. The summed E-state index contributed by atoms with van der Waals surface area (Å²) in [6, 6.07) is 10.6. The molecule has 3 aromatic rings. The normalized spacial score (nSPS) is 15.4. The van der Waals surface area contributed by atoms with Gasteiger partial charge in [0.05, 0.1) is 6.54 Å². The van der Waals surface area contributed by atoms with Crippen LogP contribution in [0.4, 0.5) is 0 Å². The summed E-state index contributed by atoms with van der Waals surface area (Å²) in [6.45, 7) is 8.58. The van der Waals surface area contributed by atoms with E-state index in [9.17, 15) is 9.59 Å². The van der Waals surface area contributed by atoms with Crippen LogP contribution in [0.2, 0.25) is 0 Å². The minimum absolute atomic E-state index is 0.252. The highest BCUT2D eigenvalue weighted by Gasteiger charge is 2.23. The zero-order valence-corrected chi connectivity index (χ0v) is 20.9. The molecule has 0 amide bonds. The van der Waals surface area contributed by atoms with Gasteiger partial charge in [0.15, 0.2) is 11.2 Å². The molecule has 4 rings (SSSR count). The number of fused-ring (bicyclic) bond motifs is 1. The van der Waals surface area contributed by atoms with E-state index in [0.717, 1.165) is 57.9 Å². The van der Waals surface area contributed by atoms with Crippen LogP contribution in [0.3, 0.4) is 0 Å². The molecule has 2 aromatic heterocycles. The molecule has 1 fully saturated rings. The fraction of sp³-hybridized carbons (Fsp3) is 0.577. The van der Waals surface area contributed by atoms with Crippen molar-refractivity contribution in [3.05, 3.63) is 62.6 Å². The highest BCUT2D eigenvalue weighted by atomic mass is 16.2. The summed E-state index contributed by atoms with van der Waals surface area (Å²) in [5.41, 5.74) is 1.82. The molecule has 0 N–H and O–H groups in total. The lowest BCUT2D eigenvalue weighted by molar-refractivity contribution is 0.119. The van der Waals surface area contributed by atoms with Crippen LogP contribution in [0.15, 0.2) is 39.9 Å². The number of hydrogen-bond donors (Lipinski definition) is 0. The summed E-state index contributed by atoms with van der Waals surface area (Å²) in [5, 5.41) is 0. The third kappa shape index (κ3) is 5.33. The third-order valence-corrected chi connectivity index (χ3v) is 6.99. The molecule has 1 saturated heterocycles. The summed E-state index contributed by atoms with van der Waals surface area (Å²) >= 11 is 0. The number of piperazine rings is 1. The first-order chi connectivity index (χ1) is 16.5. The monoisotopic (exact) mass is 466 g/mol. The van der Waals surface area contributed by atoms with E-state index in [-0.39, 0.29) is 11.2 Å². The molecule has 1 aliphatic rings. The number of imidazole rings is 1. The van der Waals surface area contributed by atoms with E-state index in [1.54, 1.807) is 14.1 Å². The van der Waals surface area contributed by atoms with Crippen LogP contribution in [-0.2, 0) is 33.7 Å². The Balaban J connectivity index is 1.51. The lowest BCUT2D eigenvalue weighted by Gasteiger charge is -2.34. The van der Waals surface area contributed by atoms with Crippen molar-refractivity contribution in [3.8, 4) is 0 Å². The van der Waals surface area contributed by atoms with Crippen molar-refractivity contribution in [3.63, 3.8) is 0 Å². The minimum atomic E-state index is -0.328. The van der Waals surface area contributed by atoms with E-state index in [0.29, 0.717) is 17.7 Å². The molecule has 0 radical (unpaired) electrons. The number of benzene rings is 1. The van der Waals surface area contributed by atoms with E-state index in [2.05, 4.69) is 51.6 Å². The summed E-state index contributed by atoms with van der Waals surface area (Å²) in [7, 11) is 3.25. The predicted molar refractivity (Wildman–Crippen MR) is 136 cm³/mol. The van der Waals surface area contributed by atoms with Gasteiger partial charge in [-0.05, 0) is 12.0 Å². The largest absolute Gasteiger partial charge is 0.332 e. The Hall–Kier alpha value is -2.71. The zero-order valence-electron chi connectivity index (χ0n) is 20.9. The van der Waals surface area contributed by atoms with Crippen LogP contribution in [0.25, 0.3) is 11.2 Å². The molecule has 0 aliphatic carbocycles. The fourth-order valence-corrected chi connectivity index (χ4v) is 4.87. The Morgan fingerprint density at radius 2 is 1.47 bits per heavy atom. The van der Waals surface area contributed by atoms with Crippen molar-refractivity contribution in [2.45, 2.75) is 58.7 Å². The average molecular weight is 467 g/mol. The van der Waals surface area contributed by atoms with Gasteiger partial charge in [-0.25, -0.2) is 9.78 Å². The van der Waals surface area contributed by atoms with Crippen LogP contribution in [0, 0.1) is 0 Å². The lowest BCUT2D eigenvalue weighted by Crippen LogP contribution is -2.45. The molecule has 1 aliphatic heterocycles. The van der Waals surface area contributed by atoms with Crippen LogP contribution in [-0.4, -0.2) is 54.7 Å². The van der Waals surface area contributed by atoms with Gasteiger partial charge in [0.1, 0.15) is 5.82 Å². The van der Waals surface area contributed by atoms with Gasteiger partial charge in [0, 0.05) is 53.4 Å². The smallest absolute Gasteiger partial charge is 0.321 e. The molecule has 0 spiro atoms. The van der Waals surface area contributed by atoms with Crippen LogP contribution < -0.4 is 11.2 Å². The molecular weight excluding hydrogens is 428 g/mol. The molecule has 0 saturated carbocycles. The third-order valence-electron chi connectivity index (χ3n) is 6.99. The lowest BCUT2D eigenvalue weighted by atomic mass is 10.1. The van der Waals surface area contributed by atoms with E-state index in [4.69, 9.17) is 4.98 Å². The summed E-state index contributed by atoms with van der Waals surface area (Å²) in [4.78, 5) is 35.3. The summed E-state index contributed by atoms with van der Waals surface area (Å²) < 4.78 is 4.79. The SMILES string of the molecule is CCCCCCCn1c(CN2CCN(Cc3ccccc3)CC2)nc2c1c(=O)n(C)c(=O)n2C. The second kappa shape index (κ2) is 11.1. The van der Waals surface area contributed by atoms with Gasteiger partial charge >= 0.3 is 5.69 Å². The number of hydrogen-bond acceptors (Lipinski definition) is 5. The highest BCUT2D eigenvalue weighted by molar-refractivity contribution is 5.71. The topological polar surface area (TPSA) is 68.3 Å². The Morgan fingerprint density at radius 3 is 2.15 bits per heavy atom. The van der Waals surface area contributed by atoms with Crippen LogP contribution >= 0.6 is 0 Å². The average Bonchev–Trinajstić information content (AvgIpc) is 3.21. The number of unbranched alkanes of at least 4 members (excludes halogenated alkanes) is 4. The van der Waals surface area contributed by atoms with Crippen molar-refractivity contribution in [2.75, 3.05) is 26.2 Å². The second-order valence-electron chi connectivity index (χ2n) is 9.51. The molecule has 0 bridgehead atoms.